The molecule has 1 aromatic heterocycles. The molecule has 0 fully saturated rings. The van der Waals surface area contributed by atoms with E-state index in [1.165, 1.54) is 24.3 Å². The van der Waals surface area contributed by atoms with Crippen LogP contribution >= 0.6 is 0 Å². The van der Waals surface area contributed by atoms with E-state index < -0.39 is 10.9 Å². The van der Waals surface area contributed by atoms with Crippen LogP contribution in [0.5, 0.6) is 5.75 Å². The summed E-state index contributed by atoms with van der Waals surface area (Å²) >= 11 is 0. The minimum absolute atomic E-state index is 0.124. The van der Waals surface area contributed by atoms with Crippen molar-refractivity contribution in [2.75, 3.05) is 7.11 Å². The number of ether oxygens (including phenoxy) is 2. The van der Waals surface area contributed by atoms with Crippen molar-refractivity contribution in [3.8, 4) is 5.75 Å². The second-order valence-corrected chi connectivity index (χ2v) is 5.46. The number of methoxy groups -OCH3 is 1. The summed E-state index contributed by atoms with van der Waals surface area (Å²) in [6, 6.07) is 11.9. The summed E-state index contributed by atoms with van der Waals surface area (Å²) < 4.78 is 10.3. The van der Waals surface area contributed by atoms with Crippen LogP contribution in [0.15, 0.2) is 53.3 Å². The molecule has 3 rings (SSSR count). The molecule has 0 aliphatic rings. The van der Waals surface area contributed by atoms with Crippen LogP contribution < -0.4 is 10.3 Å². The first-order valence-corrected chi connectivity index (χ1v) is 7.59. The molecule has 132 valence electrons. The van der Waals surface area contributed by atoms with E-state index in [1.54, 1.807) is 31.4 Å². The maximum Gasteiger partial charge on any atom is 0.338 e. The van der Waals surface area contributed by atoms with Crippen LogP contribution in [0.2, 0.25) is 0 Å². The van der Waals surface area contributed by atoms with Crippen LogP contribution in [0.4, 0.5) is 5.69 Å². The summed E-state index contributed by atoms with van der Waals surface area (Å²) in [6.07, 6.45) is 0. The van der Waals surface area contributed by atoms with Crippen molar-refractivity contribution in [1.29, 1.82) is 0 Å². The first-order chi connectivity index (χ1) is 12.5. The first kappa shape index (κ1) is 17.2. The smallest absolute Gasteiger partial charge is 0.338 e. The van der Waals surface area contributed by atoms with Crippen molar-refractivity contribution in [2.24, 2.45) is 0 Å². The molecule has 0 spiro atoms. The number of nitrogens with one attached hydrogen (secondary N) is 1. The fourth-order valence-corrected chi connectivity index (χ4v) is 2.41. The Hall–Kier alpha value is -3.68. The SMILES string of the molecule is COc1ccc2[nH]c(=O)c(COC(=O)c3ccc([N+](=O)[O-])cc3)cc2c1. The zero-order chi connectivity index (χ0) is 18.7. The van der Waals surface area contributed by atoms with Crippen LogP contribution in [0.1, 0.15) is 15.9 Å². The Labute approximate surface area is 147 Å². The van der Waals surface area contributed by atoms with Gasteiger partial charge < -0.3 is 14.5 Å². The van der Waals surface area contributed by atoms with E-state index in [-0.39, 0.29) is 29.0 Å². The van der Waals surface area contributed by atoms with Gasteiger partial charge in [-0.2, -0.15) is 0 Å². The monoisotopic (exact) mass is 354 g/mol. The third-order valence-corrected chi connectivity index (χ3v) is 3.80. The van der Waals surface area contributed by atoms with Crippen molar-refractivity contribution >= 4 is 22.6 Å². The molecule has 3 aromatic rings. The maximum atomic E-state index is 12.1. The summed E-state index contributed by atoms with van der Waals surface area (Å²) in [7, 11) is 1.54. The molecular formula is C18H14N2O6. The van der Waals surface area contributed by atoms with Crippen LogP contribution in [0.25, 0.3) is 10.9 Å². The zero-order valence-electron chi connectivity index (χ0n) is 13.7. The molecule has 0 amide bonds. The summed E-state index contributed by atoms with van der Waals surface area (Å²) in [5.41, 5.74) is 0.595. The van der Waals surface area contributed by atoms with E-state index in [1.807, 2.05) is 0 Å². The number of pyridine rings is 1. The van der Waals surface area contributed by atoms with Crippen LogP contribution in [-0.2, 0) is 11.3 Å². The number of esters is 1. The molecule has 0 bridgehead atoms. The molecule has 0 radical (unpaired) electrons. The van der Waals surface area contributed by atoms with Gasteiger partial charge in [0.15, 0.2) is 0 Å². The summed E-state index contributed by atoms with van der Waals surface area (Å²) in [5, 5.41) is 11.4. The minimum atomic E-state index is -0.676. The third-order valence-electron chi connectivity index (χ3n) is 3.80. The van der Waals surface area contributed by atoms with Gasteiger partial charge in [0.25, 0.3) is 11.2 Å². The van der Waals surface area contributed by atoms with Gasteiger partial charge in [0.1, 0.15) is 12.4 Å². The lowest BCUT2D eigenvalue weighted by Crippen LogP contribution is -2.15. The van der Waals surface area contributed by atoms with E-state index in [4.69, 9.17) is 9.47 Å². The third kappa shape index (κ3) is 3.54. The highest BCUT2D eigenvalue weighted by Gasteiger charge is 2.12. The number of nitrogens with zero attached hydrogens (tertiary/aromatic N) is 1. The molecule has 8 heteroatoms. The van der Waals surface area contributed by atoms with Crippen LogP contribution in [-0.4, -0.2) is 23.0 Å². The zero-order valence-corrected chi connectivity index (χ0v) is 13.7. The van der Waals surface area contributed by atoms with E-state index in [0.717, 1.165) is 5.39 Å². The number of non-ortho nitro benzene ring substituents is 1. The van der Waals surface area contributed by atoms with Gasteiger partial charge in [-0.05, 0) is 36.4 Å². The largest absolute Gasteiger partial charge is 0.497 e. The highest BCUT2D eigenvalue weighted by molar-refractivity contribution is 5.89. The Balaban J connectivity index is 1.78. The van der Waals surface area contributed by atoms with E-state index in [0.29, 0.717) is 11.3 Å². The molecule has 0 saturated heterocycles. The Morgan fingerprint density at radius 3 is 2.54 bits per heavy atom. The van der Waals surface area contributed by atoms with Gasteiger partial charge in [-0.3, -0.25) is 14.9 Å². The van der Waals surface area contributed by atoms with Crippen molar-refractivity contribution < 1.29 is 19.2 Å². The predicted octanol–water partition coefficient (Wildman–Crippen LogP) is 2.80. The van der Waals surface area contributed by atoms with Crippen LogP contribution in [0, 0.1) is 10.1 Å². The number of nitro groups is 1. The number of H-pyrrole nitrogens is 1. The normalized spacial score (nSPS) is 10.5. The molecule has 2 aromatic carbocycles. The van der Waals surface area contributed by atoms with Gasteiger partial charge >= 0.3 is 5.97 Å². The molecule has 1 N–H and O–H groups in total. The molecule has 0 unspecified atom stereocenters. The van der Waals surface area contributed by atoms with Gasteiger partial charge in [-0.25, -0.2) is 4.79 Å². The Bertz CT molecular complexity index is 1040. The lowest BCUT2D eigenvalue weighted by Gasteiger charge is -2.07. The fraction of sp³-hybridized carbons (Fsp3) is 0.111. The number of rotatable bonds is 5. The van der Waals surface area contributed by atoms with Gasteiger partial charge in [-0.15, -0.1) is 0 Å². The lowest BCUT2D eigenvalue weighted by atomic mass is 10.1. The van der Waals surface area contributed by atoms with Gasteiger partial charge in [0.2, 0.25) is 0 Å². The topological polar surface area (TPSA) is 112 Å². The minimum Gasteiger partial charge on any atom is -0.497 e. The van der Waals surface area contributed by atoms with Crippen molar-refractivity contribution in [2.45, 2.75) is 6.61 Å². The van der Waals surface area contributed by atoms with Crippen molar-refractivity contribution in [3.05, 3.63) is 80.1 Å². The number of hydrogen-bond acceptors (Lipinski definition) is 6. The number of carbonyl (C=O) groups is 1. The number of hydrogen-bond donors (Lipinski definition) is 1. The number of nitro benzene ring substituents is 1. The molecule has 1 heterocycles. The molecule has 26 heavy (non-hydrogen) atoms. The number of aromatic nitrogens is 1. The van der Waals surface area contributed by atoms with E-state index in [9.17, 15) is 19.7 Å². The predicted molar refractivity (Wildman–Crippen MR) is 93.3 cm³/mol. The van der Waals surface area contributed by atoms with E-state index >= 15 is 0 Å². The highest BCUT2D eigenvalue weighted by atomic mass is 16.6. The molecule has 8 nitrogen and oxygen atoms in total. The molecule has 0 aliphatic carbocycles. The number of benzene rings is 2. The Kier molecular flexibility index (Phi) is 4.66. The summed E-state index contributed by atoms with van der Waals surface area (Å²) in [5.74, 6) is -0.0385. The van der Waals surface area contributed by atoms with Crippen LogP contribution in [0.3, 0.4) is 0 Å². The van der Waals surface area contributed by atoms with E-state index in [2.05, 4.69) is 4.98 Å². The quantitative estimate of drug-likeness (QED) is 0.428. The average Bonchev–Trinajstić information content (AvgIpc) is 2.65. The van der Waals surface area contributed by atoms with Gasteiger partial charge in [0, 0.05) is 23.0 Å². The molecular weight excluding hydrogens is 340 g/mol. The second kappa shape index (κ2) is 7.06. The number of aromatic amines is 1. The molecule has 0 saturated carbocycles. The lowest BCUT2D eigenvalue weighted by molar-refractivity contribution is -0.384. The fourth-order valence-electron chi connectivity index (χ4n) is 2.41. The van der Waals surface area contributed by atoms with Crippen molar-refractivity contribution in [3.63, 3.8) is 0 Å². The van der Waals surface area contributed by atoms with Gasteiger partial charge in [-0.1, -0.05) is 0 Å². The Morgan fingerprint density at radius 1 is 1.15 bits per heavy atom. The Morgan fingerprint density at radius 2 is 1.88 bits per heavy atom. The summed E-state index contributed by atoms with van der Waals surface area (Å²) in [4.78, 5) is 36.9. The van der Waals surface area contributed by atoms with Crippen molar-refractivity contribution in [1.82, 2.24) is 4.98 Å². The average molecular weight is 354 g/mol. The first-order valence-electron chi connectivity index (χ1n) is 7.59. The molecule has 0 atom stereocenters. The maximum absolute atomic E-state index is 12.1. The number of fused-ring (bicyclic) bond motifs is 1. The number of carbonyl (C=O) groups excluding carboxylic acids is 1. The van der Waals surface area contributed by atoms with Gasteiger partial charge in [0.05, 0.1) is 23.2 Å². The second-order valence-electron chi connectivity index (χ2n) is 5.46. The standard InChI is InChI=1S/C18H14N2O6/c1-25-15-6-7-16-12(9-15)8-13(17(21)19-16)10-26-18(22)11-2-4-14(5-3-11)20(23)24/h2-9H,10H2,1H3,(H,19,21). The summed E-state index contributed by atoms with van der Waals surface area (Å²) in [6.45, 7) is -0.224. The highest BCUT2D eigenvalue weighted by Crippen LogP contribution is 2.19. The molecule has 0 aliphatic heterocycles.